The molecule has 3 N–H and O–H groups in total. The number of cyclic esters (lactones) is 1. The lowest BCUT2D eigenvalue weighted by atomic mass is 10.3. The molecular formula is C8H9N3O6S. The van der Waals surface area contributed by atoms with Crippen molar-refractivity contribution in [3.8, 4) is 0 Å². The van der Waals surface area contributed by atoms with Crippen LogP contribution in [0.5, 0.6) is 0 Å². The molecule has 1 aromatic rings. The summed E-state index contributed by atoms with van der Waals surface area (Å²) in [6, 6.07) is -1.00. The number of hydrogen-bond donors (Lipinski definition) is 3. The molecule has 1 unspecified atom stereocenters. The molecule has 2 rings (SSSR count). The lowest BCUT2D eigenvalue weighted by Crippen LogP contribution is -2.38. The average Bonchev–Trinajstić information content (AvgIpc) is 2.88. The Morgan fingerprint density at radius 1 is 1.61 bits per heavy atom. The van der Waals surface area contributed by atoms with Gasteiger partial charge in [-0.25, -0.2) is 13.2 Å². The van der Waals surface area contributed by atoms with Crippen LogP contribution in [0.1, 0.15) is 16.8 Å². The van der Waals surface area contributed by atoms with Gasteiger partial charge in [0.15, 0.2) is 5.03 Å². The number of aromatic carboxylic acids is 1. The van der Waals surface area contributed by atoms with E-state index in [4.69, 9.17) is 5.11 Å². The lowest BCUT2D eigenvalue weighted by molar-refractivity contribution is -0.139. The number of ether oxygens (including phenoxy) is 1. The van der Waals surface area contributed by atoms with Crippen LogP contribution in [0.2, 0.25) is 0 Å². The summed E-state index contributed by atoms with van der Waals surface area (Å²) < 4.78 is 30.4. The zero-order valence-electron chi connectivity index (χ0n) is 8.91. The van der Waals surface area contributed by atoms with Crippen molar-refractivity contribution in [1.29, 1.82) is 0 Å². The first kappa shape index (κ1) is 12.5. The largest absolute Gasteiger partial charge is 0.478 e. The highest BCUT2D eigenvalue weighted by Gasteiger charge is 2.33. The summed E-state index contributed by atoms with van der Waals surface area (Å²) in [5, 5.41) is 13.6. The van der Waals surface area contributed by atoms with Gasteiger partial charge in [-0.1, -0.05) is 0 Å². The van der Waals surface area contributed by atoms with E-state index in [1.165, 1.54) is 0 Å². The molecule has 1 aliphatic heterocycles. The van der Waals surface area contributed by atoms with Gasteiger partial charge in [-0.2, -0.15) is 9.82 Å². The Morgan fingerprint density at radius 2 is 2.33 bits per heavy atom. The number of hydrogen-bond acceptors (Lipinski definition) is 6. The van der Waals surface area contributed by atoms with Crippen LogP contribution < -0.4 is 4.72 Å². The van der Waals surface area contributed by atoms with Gasteiger partial charge in [0.25, 0.3) is 10.0 Å². The molecule has 1 aromatic heterocycles. The summed E-state index contributed by atoms with van der Waals surface area (Å²) in [6.07, 6.45) is 1.08. The van der Waals surface area contributed by atoms with Gasteiger partial charge in [0.2, 0.25) is 0 Å². The Balaban J connectivity index is 2.28. The van der Waals surface area contributed by atoms with Gasteiger partial charge in [0.05, 0.1) is 12.8 Å². The molecule has 9 nitrogen and oxygen atoms in total. The average molecular weight is 275 g/mol. The van der Waals surface area contributed by atoms with Gasteiger partial charge in [0, 0.05) is 6.42 Å². The molecule has 1 aliphatic rings. The normalized spacial score (nSPS) is 19.8. The predicted octanol–water partition coefficient (Wildman–Crippen LogP) is -1.30. The number of aromatic nitrogens is 2. The van der Waals surface area contributed by atoms with Crippen LogP contribution in [0.4, 0.5) is 0 Å². The Labute approximate surface area is 101 Å². The third-order valence-corrected chi connectivity index (χ3v) is 3.78. The van der Waals surface area contributed by atoms with Gasteiger partial charge in [0.1, 0.15) is 11.6 Å². The van der Waals surface area contributed by atoms with E-state index in [1.807, 2.05) is 0 Å². The summed E-state index contributed by atoms with van der Waals surface area (Å²) in [4.78, 5) is 21.9. The molecule has 18 heavy (non-hydrogen) atoms. The highest BCUT2D eigenvalue weighted by atomic mass is 32.2. The molecule has 1 fully saturated rings. The van der Waals surface area contributed by atoms with Gasteiger partial charge >= 0.3 is 11.9 Å². The molecular weight excluding hydrogens is 266 g/mol. The number of nitrogens with zero attached hydrogens (tertiary/aromatic N) is 1. The van der Waals surface area contributed by atoms with Crippen LogP contribution >= 0.6 is 0 Å². The van der Waals surface area contributed by atoms with Crippen molar-refractivity contribution in [3.05, 3.63) is 11.8 Å². The molecule has 1 atom stereocenters. The third kappa shape index (κ3) is 2.19. The minimum Gasteiger partial charge on any atom is -0.478 e. The van der Waals surface area contributed by atoms with Crippen LogP contribution in [0.3, 0.4) is 0 Å². The number of H-pyrrole nitrogens is 1. The van der Waals surface area contributed by atoms with Crippen LogP contribution in [0.25, 0.3) is 0 Å². The molecule has 0 spiro atoms. The van der Waals surface area contributed by atoms with Gasteiger partial charge in [-0.15, -0.1) is 0 Å². The van der Waals surface area contributed by atoms with Crippen molar-refractivity contribution >= 4 is 22.0 Å². The number of carboxylic acid groups (broad SMARTS) is 1. The Bertz CT molecular complexity index is 592. The van der Waals surface area contributed by atoms with E-state index in [1.54, 1.807) is 0 Å². The second-order valence-electron chi connectivity index (χ2n) is 3.55. The van der Waals surface area contributed by atoms with E-state index < -0.39 is 38.6 Å². The molecule has 0 bridgehead atoms. The summed E-state index contributed by atoms with van der Waals surface area (Å²) in [5.41, 5.74) is -0.492. The van der Waals surface area contributed by atoms with Crippen LogP contribution in [-0.4, -0.2) is 48.3 Å². The Hall–Kier alpha value is -1.94. The molecule has 2 heterocycles. The number of carbonyl (C=O) groups excluding carboxylic acids is 1. The van der Waals surface area contributed by atoms with Crippen molar-refractivity contribution in [2.75, 3.05) is 6.61 Å². The third-order valence-electron chi connectivity index (χ3n) is 2.34. The number of aromatic amines is 1. The number of rotatable bonds is 4. The molecule has 10 heteroatoms. The molecule has 0 aliphatic carbocycles. The monoisotopic (exact) mass is 275 g/mol. The first-order valence-corrected chi connectivity index (χ1v) is 6.36. The topological polar surface area (TPSA) is 138 Å². The maximum atomic E-state index is 11.9. The summed E-state index contributed by atoms with van der Waals surface area (Å²) in [6.45, 7) is 0.126. The SMILES string of the molecule is O=C(O)c1cn[nH]c1S(=O)(=O)NC1CCOC1=O. The maximum Gasteiger partial charge on any atom is 0.340 e. The molecule has 0 saturated carbocycles. The second-order valence-corrected chi connectivity index (χ2v) is 5.20. The molecule has 1 saturated heterocycles. The fourth-order valence-corrected chi connectivity index (χ4v) is 2.79. The summed E-state index contributed by atoms with van der Waals surface area (Å²) in [7, 11) is -4.16. The number of nitrogens with one attached hydrogen (secondary N) is 2. The van der Waals surface area contributed by atoms with E-state index >= 15 is 0 Å². The van der Waals surface area contributed by atoms with E-state index in [2.05, 4.69) is 19.7 Å². The number of esters is 1. The Morgan fingerprint density at radius 3 is 2.89 bits per heavy atom. The standard InChI is InChI=1S/C8H9N3O6S/c12-7(13)4-3-9-10-6(4)18(15,16)11-5-1-2-17-8(5)14/h3,5,11H,1-2H2,(H,9,10)(H,12,13). The second kappa shape index (κ2) is 4.38. The van der Waals surface area contributed by atoms with E-state index in [9.17, 15) is 18.0 Å². The molecule has 98 valence electrons. The van der Waals surface area contributed by atoms with Crippen molar-refractivity contribution in [2.24, 2.45) is 0 Å². The van der Waals surface area contributed by atoms with Crippen LogP contribution in [-0.2, 0) is 19.6 Å². The lowest BCUT2D eigenvalue weighted by Gasteiger charge is -2.08. The smallest absolute Gasteiger partial charge is 0.340 e. The maximum absolute atomic E-state index is 11.9. The first-order chi connectivity index (χ1) is 8.42. The van der Waals surface area contributed by atoms with Crippen molar-refractivity contribution in [2.45, 2.75) is 17.5 Å². The highest BCUT2D eigenvalue weighted by Crippen LogP contribution is 2.15. The predicted molar refractivity (Wildman–Crippen MR) is 55.2 cm³/mol. The van der Waals surface area contributed by atoms with Crippen LogP contribution in [0, 0.1) is 0 Å². The molecule has 0 amide bonds. The van der Waals surface area contributed by atoms with Gasteiger partial charge in [-0.3, -0.25) is 9.89 Å². The van der Waals surface area contributed by atoms with Gasteiger partial charge in [-0.05, 0) is 0 Å². The zero-order valence-corrected chi connectivity index (χ0v) is 9.73. The minimum absolute atomic E-state index is 0.126. The fraction of sp³-hybridized carbons (Fsp3) is 0.375. The van der Waals surface area contributed by atoms with E-state index in [0.29, 0.717) is 0 Å². The molecule has 0 radical (unpaired) electrons. The zero-order chi connectivity index (χ0) is 13.3. The summed E-state index contributed by atoms with van der Waals surface area (Å²) in [5.74, 6) is -2.12. The molecule has 0 aromatic carbocycles. The number of carbonyl (C=O) groups is 2. The number of carboxylic acids is 1. The minimum atomic E-state index is -4.16. The van der Waals surface area contributed by atoms with Crippen molar-refractivity contribution < 1.29 is 27.9 Å². The fourth-order valence-electron chi connectivity index (χ4n) is 1.48. The van der Waals surface area contributed by atoms with Crippen LogP contribution in [0.15, 0.2) is 11.2 Å². The quantitative estimate of drug-likeness (QED) is 0.580. The van der Waals surface area contributed by atoms with E-state index in [-0.39, 0.29) is 13.0 Å². The first-order valence-electron chi connectivity index (χ1n) is 4.87. The van der Waals surface area contributed by atoms with E-state index in [0.717, 1.165) is 6.20 Å². The van der Waals surface area contributed by atoms with Crippen molar-refractivity contribution in [1.82, 2.24) is 14.9 Å². The summed E-state index contributed by atoms with van der Waals surface area (Å²) >= 11 is 0. The Kier molecular flexibility index (Phi) is 3.05. The van der Waals surface area contributed by atoms with Crippen molar-refractivity contribution in [3.63, 3.8) is 0 Å². The van der Waals surface area contributed by atoms with Gasteiger partial charge < -0.3 is 9.84 Å². The number of sulfonamides is 1. The highest BCUT2D eigenvalue weighted by molar-refractivity contribution is 7.89.